The Kier molecular flexibility index (Phi) is 7.50. The first-order chi connectivity index (χ1) is 29.2. The second-order valence-corrected chi connectivity index (χ2v) is 15.2. The maximum atomic E-state index is 5.35. The Labute approximate surface area is 340 Å². The van der Waals surface area contributed by atoms with E-state index in [2.05, 4.69) is 205 Å². The molecule has 0 radical (unpaired) electrons. The highest BCUT2D eigenvalue weighted by Gasteiger charge is 2.18. The van der Waals surface area contributed by atoms with E-state index in [1.165, 1.54) is 16.2 Å². The van der Waals surface area contributed by atoms with Crippen LogP contribution >= 0.6 is 0 Å². The van der Waals surface area contributed by atoms with Crippen molar-refractivity contribution in [3.05, 3.63) is 206 Å². The van der Waals surface area contributed by atoms with Gasteiger partial charge in [0.2, 0.25) is 0 Å². The fourth-order valence-electron chi connectivity index (χ4n) is 8.87. The summed E-state index contributed by atoms with van der Waals surface area (Å²) in [5.74, 6) is 0. The summed E-state index contributed by atoms with van der Waals surface area (Å²) in [5, 5.41) is 8.00. The minimum absolute atomic E-state index is 0.905. The summed E-state index contributed by atoms with van der Waals surface area (Å²) < 4.78 is 2.41. The molecule has 0 saturated carbocycles. The van der Waals surface area contributed by atoms with Crippen LogP contribution in [0.2, 0.25) is 0 Å². The smallest absolute Gasteiger partial charge is 0.0972 e. The molecule has 0 bridgehead atoms. The van der Waals surface area contributed by atoms with Crippen molar-refractivity contribution in [2.45, 2.75) is 0 Å². The number of fused-ring (bicyclic) bond motifs is 9. The van der Waals surface area contributed by atoms with Crippen LogP contribution in [0.1, 0.15) is 0 Å². The van der Waals surface area contributed by atoms with Gasteiger partial charge in [-0.15, -0.1) is 0 Å². The van der Waals surface area contributed by atoms with E-state index in [-0.39, 0.29) is 0 Å². The van der Waals surface area contributed by atoms with Crippen LogP contribution in [0.3, 0.4) is 0 Å². The zero-order valence-electron chi connectivity index (χ0n) is 31.9. The van der Waals surface area contributed by atoms with E-state index in [1.54, 1.807) is 0 Å². The molecule has 0 aliphatic rings. The van der Waals surface area contributed by atoms with Crippen LogP contribution in [0.5, 0.6) is 0 Å². The van der Waals surface area contributed by atoms with E-state index >= 15 is 0 Å². The molecule has 0 saturated heterocycles. The molecule has 0 atom stereocenters. The van der Waals surface area contributed by atoms with Crippen molar-refractivity contribution >= 4 is 65.3 Å². The molecule has 4 aromatic heterocycles. The molecular weight excluding hydrogens is 717 g/mol. The molecule has 12 rings (SSSR count). The van der Waals surface area contributed by atoms with E-state index < -0.39 is 0 Å². The number of hydrogen-bond donors (Lipinski definition) is 0. The van der Waals surface area contributed by atoms with Crippen LogP contribution in [0.25, 0.3) is 116 Å². The molecule has 0 spiro atoms. The molecule has 4 heteroatoms. The number of hydrogen-bond acceptors (Lipinski definition) is 3. The maximum absolute atomic E-state index is 5.35. The van der Waals surface area contributed by atoms with Crippen molar-refractivity contribution in [2.24, 2.45) is 0 Å². The predicted molar refractivity (Wildman–Crippen MR) is 246 cm³/mol. The van der Waals surface area contributed by atoms with Crippen LogP contribution in [0.4, 0.5) is 0 Å². The van der Waals surface area contributed by atoms with Crippen LogP contribution in [0, 0.1) is 0 Å². The number of aromatic nitrogens is 4. The Morgan fingerprint density at radius 3 is 1.59 bits per heavy atom. The van der Waals surface area contributed by atoms with Crippen molar-refractivity contribution in [3.8, 4) is 50.6 Å². The molecule has 4 heterocycles. The fourth-order valence-corrected chi connectivity index (χ4v) is 8.87. The normalized spacial score (nSPS) is 11.7. The second kappa shape index (κ2) is 13.3. The first-order valence-electron chi connectivity index (χ1n) is 20.0. The third-order valence-corrected chi connectivity index (χ3v) is 11.7. The van der Waals surface area contributed by atoms with Gasteiger partial charge in [0.05, 0.1) is 44.7 Å². The first kappa shape index (κ1) is 33.2. The lowest BCUT2D eigenvalue weighted by Gasteiger charge is -2.12. The van der Waals surface area contributed by atoms with Crippen molar-refractivity contribution in [1.29, 1.82) is 0 Å². The predicted octanol–water partition coefficient (Wildman–Crippen LogP) is 14.2. The van der Waals surface area contributed by atoms with Gasteiger partial charge < -0.3 is 4.57 Å². The Bertz CT molecular complexity index is 3590. The quantitative estimate of drug-likeness (QED) is 0.165. The lowest BCUT2D eigenvalue weighted by atomic mass is 9.98. The molecule has 8 aromatic carbocycles. The minimum Gasteiger partial charge on any atom is -0.309 e. The monoisotopic (exact) mass is 750 g/mol. The van der Waals surface area contributed by atoms with Gasteiger partial charge in [-0.1, -0.05) is 158 Å². The van der Waals surface area contributed by atoms with Gasteiger partial charge in [-0.3, -0.25) is 0 Å². The molecular formula is C55H34N4. The SMILES string of the molecule is c1ccc(-c2ccc3ccc4ccc(-c5cccc(-c6ccc7c8cc9nc(-c%10ccccc%10)c%10ccccc%10c9cc8n(-c8ccccc8)c7c6)c5)nc4c3n2)cc1. The largest absolute Gasteiger partial charge is 0.309 e. The highest BCUT2D eigenvalue weighted by atomic mass is 15.0. The Morgan fingerprint density at radius 2 is 0.864 bits per heavy atom. The van der Waals surface area contributed by atoms with Crippen molar-refractivity contribution in [1.82, 2.24) is 19.5 Å². The molecule has 0 fully saturated rings. The van der Waals surface area contributed by atoms with Crippen molar-refractivity contribution in [2.75, 3.05) is 0 Å². The standard InChI is InChI=1S/C55H34N4/c1-4-13-35(14-5-1)48-29-26-37-23-24-38-27-30-49(57-55(38)54(37)56-48)41-18-12-17-39(31-41)40-25-28-44-47-33-50-46(34-52(47)59(51(44)32-40)42-19-8-3-9-20-42)43-21-10-11-22-45(43)53(58-50)36-15-6-2-7-16-36/h1-34H. The molecule has 4 nitrogen and oxygen atoms in total. The molecule has 0 aliphatic heterocycles. The summed E-state index contributed by atoms with van der Waals surface area (Å²) in [6, 6.07) is 73.2. The summed E-state index contributed by atoms with van der Waals surface area (Å²) in [5.41, 5.74) is 14.6. The molecule has 0 unspecified atom stereocenters. The van der Waals surface area contributed by atoms with E-state index in [0.29, 0.717) is 0 Å². The zero-order valence-corrected chi connectivity index (χ0v) is 31.9. The van der Waals surface area contributed by atoms with Crippen molar-refractivity contribution in [3.63, 3.8) is 0 Å². The van der Waals surface area contributed by atoms with Crippen LogP contribution in [-0.2, 0) is 0 Å². The Balaban J connectivity index is 1.02. The molecule has 0 amide bonds. The highest BCUT2D eigenvalue weighted by molar-refractivity contribution is 6.19. The van der Waals surface area contributed by atoms with Gasteiger partial charge in [0.1, 0.15) is 0 Å². The third kappa shape index (κ3) is 5.49. The third-order valence-electron chi connectivity index (χ3n) is 11.7. The molecule has 12 aromatic rings. The average Bonchev–Trinajstić information content (AvgIpc) is 3.63. The molecule has 0 aliphatic carbocycles. The van der Waals surface area contributed by atoms with E-state index in [1.807, 2.05) is 6.07 Å². The minimum atomic E-state index is 0.905. The van der Waals surface area contributed by atoms with Crippen LogP contribution < -0.4 is 0 Å². The van der Waals surface area contributed by atoms with E-state index in [4.69, 9.17) is 15.0 Å². The lowest BCUT2D eigenvalue weighted by molar-refractivity contribution is 1.18. The van der Waals surface area contributed by atoms with Crippen LogP contribution in [-0.4, -0.2) is 19.5 Å². The van der Waals surface area contributed by atoms with E-state index in [0.717, 1.165) is 99.7 Å². The molecule has 274 valence electrons. The zero-order chi connectivity index (χ0) is 38.9. The summed E-state index contributed by atoms with van der Waals surface area (Å²) in [6.07, 6.45) is 0. The summed E-state index contributed by atoms with van der Waals surface area (Å²) in [7, 11) is 0. The van der Waals surface area contributed by atoms with E-state index in [9.17, 15) is 0 Å². The van der Waals surface area contributed by atoms with Gasteiger partial charge in [0, 0.05) is 54.7 Å². The van der Waals surface area contributed by atoms with Crippen LogP contribution in [0.15, 0.2) is 206 Å². The Morgan fingerprint density at radius 1 is 0.305 bits per heavy atom. The van der Waals surface area contributed by atoms with Gasteiger partial charge in [-0.2, -0.15) is 0 Å². The summed E-state index contributed by atoms with van der Waals surface area (Å²) in [6.45, 7) is 0. The number of para-hydroxylation sites is 1. The summed E-state index contributed by atoms with van der Waals surface area (Å²) in [4.78, 5) is 15.8. The topological polar surface area (TPSA) is 43.6 Å². The Hall–Kier alpha value is -7.95. The molecule has 59 heavy (non-hydrogen) atoms. The summed E-state index contributed by atoms with van der Waals surface area (Å²) >= 11 is 0. The van der Waals surface area contributed by atoms with Gasteiger partial charge in [-0.25, -0.2) is 15.0 Å². The van der Waals surface area contributed by atoms with Gasteiger partial charge >= 0.3 is 0 Å². The fraction of sp³-hybridized carbons (Fsp3) is 0. The van der Waals surface area contributed by atoms with Crippen molar-refractivity contribution < 1.29 is 0 Å². The van der Waals surface area contributed by atoms with Gasteiger partial charge in [0.15, 0.2) is 0 Å². The second-order valence-electron chi connectivity index (χ2n) is 15.2. The van der Waals surface area contributed by atoms with Gasteiger partial charge in [0.25, 0.3) is 0 Å². The molecule has 0 N–H and O–H groups in total. The number of nitrogens with zero attached hydrogens (tertiary/aromatic N) is 4. The number of benzene rings is 8. The highest BCUT2D eigenvalue weighted by Crippen LogP contribution is 2.40. The average molecular weight is 751 g/mol. The maximum Gasteiger partial charge on any atom is 0.0972 e. The lowest BCUT2D eigenvalue weighted by Crippen LogP contribution is -1.94. The first-order valence-corrected chi connectivity index (χ1v) is 20.0. The number of rotatable bonds is 5. The van der Waals surface area contributed by atoms with Gasteiger partial charge in [-0.05, 0) is 65.0 Å². The number of pyridine rings is 3.